The van der Waals surface area contributed by atoms with E-state index < -0.39 is 0 Å². The van der Waals surface area contributed by atoms with E-state index in [9.17, 15) is 0 Å². The zero-order valence-corrected chi connectivity index (χ0v) is 9.28. The lowest BCUT2D eigenvalue weighted by molar-refractivity contribution is 0.334. The fraction of sp³-hybridized carbons (Fsp3) is 0.545. The van der Waals surface area contributed by atoms with Gasteiger partial charge < -0.3 is 4.90 Å². The largest absolute Gasteiger partial charge is 0.353 e. The van der Waals surface area contributed by atoms with E-state index >= 15 is 0 Å². The maximum absolute atomic E-state index is 8.91. The Bertz CT molecular complexity index is 406. The smallest absolute Gasteiger partial charge is 0.132 e. The molecule has 1 aliphatic heterocycles. The first-order valence-corrected chi connectivity index (χ1v) is 5.01. The number of hydrogen-bond donors (Lipinski definition) is 0. The molecule has 1 saturated heterocycles. The fourth-order valence-electron chi connectivity index (χ4n) is 1.89. The van der Waals surface area contributed by atoms with Gasteiger partial charge in [0.15, 0.2) is 0 Å². The minimum absolute atomic E-state index is 0.202. The van der Waals surface area contributed by atoms with Crippen molar-refractivity contribution in [1.82, 2.24) is 9.97 Å². The highest BCUT2D eigenvalue weighted by molar-refractivity contribution is 5.45. The molecule has 78 valence electrons. The van der Waals surface area contributed by atoms with E-state index in [-0.39, 0.29) is 5.41 Å². The van der Waals surface area contributed by atoms with Gasteiger partial charge in [0.05, 0.1) is 11.5 Å². The predicted octanol–water partition coefficient (Wildman–Crippen LogP) is 1.44. The van der Waals surface area contributed by atoms with Crippen LogP contribution in [0.3, 0.4) is 0 Å². The molecule has 15 heavy (non-hydrogen) atoms. The normalized spacial score (nSPS) is 18.1. The van der Waals surface area contributed by atoms with Gasteiger partial charge in [0, 0.05) is 24.8 Å². The van der Waals surface area contributed by atoms with Crippen molar-refractivity contribution in [3.63, 3.8) is 0 Å². The Morgan fingerprint density at radius 3 is 2.60 bits per heavy atom. The molecule has 0 unspecified atom stereocenters. The maximum Gasteiger partial charge on any atom is 0.132 e. The van der Waals surface area contributed by atoms with Gasteiger partial charge in [-0.1, -0.05) is 0 Å². The molecule has 2 rings (SSSR count). The van der Waals surface area contributed by atoms with Crippen LogP contribution >= 0.6 is 0 Å². The summed E-state index contributed by atoms with van der Waals surface area (Å²) in [5.41, 5.74) is 0.773. The summed E-state index contributed by atoms with van der Waals surface area (Å²) >= 11 is 0. The summed E-state index contributed by atoms with van der Waals surface area (Å²) in [7, 11) is 0. The van der Waals surface area contributed by atoms with Crippen LogP contribution < -0.4 is 4.90 Å². The molecule has 4 nitrogen and oxygen atoms in total. The Balaban J connectivity index is 2.17. The molecule has 0 bridgehead atoms. The van der Waals surface area contributed by atoms with Gasteiger partial charge >= 0.3 is 0 Å². The maximum atomic E-state index is 8.91. The van der Waals surface area contributed by atoms with Crippen LogP contribution in [0.2, 0.25) is 0 Å². The molecule has 1 aliphatic rings. The van der Waals surface area contributed by atoms with Crippen LogP contribution in [0.25, 0.3) is 0 Å². The topological polar surface area (TPSA) is 52.8 Å². The summed E-state index contributed by atoms with van der Waals surface area (Å²) in [4.78, 5) is 10.7. The van der Waals surface area contributed by atoms with Crippen LogP contribution in [-0.2, 0) is 0 Å². The summed E-state index contributed by atoms with van der Waals surface area (Å²) in [6.45, 7) is 7.35. The molecule has 1 aromatic rings. The summed E-state index contributed by atoms with van der Waals surface area (Å²) in [5, 5.41) is 8.91. The third-order valence-electron chi connectivity index (χ3n) is 2.63. The van der Waals surface area contributed by atoms with Crippen molar-refractivity contribution >= 4 is 5.82 Å². The molecule has 0 saturated carbocycles. The van der Waals surface area contributed by atoms with Crippen molar-refractivity contribution in [2.75, 3.05) is 18.0 Å². The van der Waals surface area contributed by atoms with Crippen LogP contribution in [0.15, 0.2) is 6.07 Å². The number of rotatable bonds is 1. The first kappa shape index (κ1) is 9.91. The highest BCUT2D eigenvalue weighted by Gasteiger charge is 2.39. The van der Waals surface area contributed by atoms with Crippen LogP contribution in [0, 0.1) is 30.6 Å². The molecular weight excluding hydrogens is 188 g/mol. The number of anilines is 1. The molecule has 1 aromatic heterocycles. The van der Waals surface area contributed by atoms with Crippen molar-refractivity contribution in [1.29, 1.82) is 5.26 Å². The average molecular weight is 202 g/mol. The zero-order chi connectivity index (χ0) is 11.1. The van der Waals surface area contributed by atoms with Crippen molar-refractivity contribution in [3.05, 3.63) is 17.6 Å². The SMILES string of the molecule is Cc1cc(N2CC(C)(C#N)C2)nc(C)n1. The van der Waals surface area contributed by atoms with E-state index in [0.717, 1.165) is 30.4 Å². The lowest BCUT2D eigenvalue weighted by Gasteiger charge is -2.44. The standard InChI is InChI=1S/C11H14N4/c1-8-4-10(14-9(2)13-8)15-6-11(3,5-12)7-15/h4H,6-7H2,1-3H3. The first-order valence-electron chi connectivity index (χ1n) is 5.01. The zero-order valence-electron chi connectivity index (χ0n) is 9.28. The summed E-state index contributed by atoms with van der Waals surface area (Å²) < 4.78 is 0. The molecule has 0 spiro atoms. The quantitative estimate of drug-likeness (QED) is 0.691. The van der Waals surface area contributed by atoms with Crippen molar-refractivity contribution < 1.29 is 0 Å². The highest BCUT2D eigenvalue weighted by Crippen LogP contribution is 2.32. The molecule has 0 radical (unpaired) electrons. The Hall–Kier alpha value is -1.63. The first-order chi connectivity index (χ1) is 7.02. The van der Waals surface area contributed by atoms with E-state index in [2.05, 4.69) is 20.9 Å². The number of aryl methyl sites for hydroxylation is 2. The van der Waals surface area contributed by atoms with Gasteiger partial charge in [-0.05, 0) is 20.8 Å². The van der Waals surface area contributed by atoms with Crippen LogP contribution in [0.4, 0.5) is 5.82 Å². The van der Waals surface area contributed by atoms with Crippen molar-refractivity contribution in [3.8, 4) is 6.07 Å². The van der Waals surface area contributed by atoms with Gasteiger partial charge in [0.2, 0.25) is 0 Å². The van der Waals surface area contributed by atoms with Crippen LogP contribution in [-0.4, -0.2) is 23.1 Å². The molecule has 0 amide bonds. The highest BCUT2D eigenvalue weighted by atomic mass is 15.3. The predicted molar refractivity (Wildman–Crippen MR) is 57.4 cm³/mol. The third kappa shape index (κ3) is 1.78. The van der Waals surface area contributed by atoms with Gasteiger partial charge in [0.1, 0.15) is 11.6 Å². The minimum atomic E-state index is -0.202. The molecule has 2 heterocycles. The molecule has 0 aromatic carbocycles. The van der Waals surface area contributed by atoms with Gasteiger partial charge in [-0.15, -0.1) is 0 Å². The summed E-state index contributed by atoms with van der Waals surface area (Å²) in [5.74, 6) is 1.73. The summed E-state index contributed by atoms with van der Waals surface area (Å²) in [6, 6.07) is 4.28. The van der Waals surface area contributed by atoms with E-state index in [0.29, 0.717) is 0 Å². The summed E-state index contributed by atoms with van der Waals surface area (Å²) in [6.07, 6.45) is 0. The molecule has 0 aliphatic carbocycles. The second-order valence-corrected chi connectivity index (χ2v) is 4.44. The van der Waals surface area contributed by atoms with Gasteiger partial charge in [-0.3, -0.25) is 0 Å². The monoisotopic (exact) mass is 202 g/mol. The Labute approximate surface area is 89.6 Å². The molecular formula is C11H14N4. The molecule has 0 atom stereocenters. The average Bonchev–Trinajstić information content (AvgIpc) is 2.11. The molecule has 1 fully saturated rings. The van der Waals surface area contributed by atoms with Crippen molar-refractivity contribution in [2.24, 2.45) is 5.41 Å². The number of aromatic nitrogens is 2. The van der Waals surface area contributed by atoms with E-state index in [4.69, 9.17) is 5.26 Å². The number of nitrogens with zero attached hydrogens (tertiary/aromatic N) is 4. The Morgan fingerprint density at radius 1 is 1.40 bits per heavy atom. The fourth-order valence-corrected chi connectivity index (χ4v) is 1.89. The van der Waals surface area contributed by atoms with Crippen LogP contribution in [0.5, 0.6) is 0 Å². The van der Waals surface area contributed by atoms with E-state index in [1.54, 1.807) is 0 Å². The van der Waals surface area contributed by atoms with Gasteiger partial charge in [0.25, 0.3) is 0 Å². The van der Waals surface area contributed by atoms with Gasteiger partial charge in [-0.2, -0.15) is 5.26 Å². The van der Waals surface area contributed by atoms with Gasteiger partial charge in [-0.25, -0.2) is 9.97 Å². The Morgan fingerprint density at radius 2 is 2.07 bits per heavy atom. The second kappa shape index (κ2) is 3.20. The van der Waals surface area contributed by atoms with E-state index in [1.807, 2.05) is 26.8 Å². The van der Waals surface area contributed by atoms with Crippen LogP contribution in [0.1, 0.15) is 18.4 Å². The Kier molecular flexibility index (Phi) is 2.11. The lowest BCUT2D eigenvalue weighted by atomic mass is 9.84. The number of nitriles is 1. The third-order valence-corrected chi connectivity index (χ3v) is 2.63. The second-order valence-electron chi connectivity index (χ2n) is 4.44. The lowest BCUT2D eigenvalue weighted by Crippen LogP contribution is -2.54. The minimum Gasteiger partial charge on any atom is -0.353 e. The molecule has 0 N–H and O–H groups in total. The van der Waals surface area contributed by atoms with E-state index in [1.165, 1.54) is 0 Å². The molecule has 4 heteroatoms. The van der Waals surface area contributed by atoms with Crippen molar-refractivity contribution in [2.45, 2.75) is 20.8 Å². The number of hydrogen-bond acceptors (Lipinski definition) is 4.